The minimum atomic E-state index is -0.454. The van der Waals surface area contributed by atoms with E-state index in [1.807, 2.05) is 13.1 Å². The molecule has 11 heteroatoms. The van der Waals surface area contributed by atoms with Gasteiger partial charge >= 0.3 is 0 Å². The van der Waals surface area contributed by atoms with Crippen molar-refractivity contribution in [3.8, 4) is 5.88 Å². The molecular weight excluding hydrogens is 405 g/mol. The lowest BCUT2D eigenvalue weighted by molar-refractivity contribution is 0.0932. The third kappa shape index (κ3) is 3.83. The third-order valence-corrected chi connectivity index (χ3v) is 5.27. The minimum absolute atomic E-state index is 0.248. The summed E-state index contributed by atoms with van der Waals surface area (Å²) in [6, 6.07) is 1.39. The molecule has 1 fully saturated rings. The van der Waals surface area contributed by atoms with E-state index in [9.17, 15) is 9.18 Å². The fourth-order valence-electron chi connectivity index (χ4n) is 3.67. The van der Waals surface area contributed by atoms with Crippen molar-refractivity contribution in [3.63, 3.8) is 0 Å². The van der Waals surface area contributed by atoms with Crippen LogP contribution in [0.15, 0.2) is 24.7 Å². The van der Waals surface area contributed by atoms with E-state index in [2.05, 4.69) is 25.6 Å². The predicted octanol–water partition coefficient (Wildman–Crippen LogP) is 1.22. The second-order valence-corrected chi connectivity index (χ2v) is 7.51. The number of morpholine rings is 1. The van der Waals surface area contributed by atoms with Gasteiger partial charge in [0, 0.05) is 25.2 Å². The fraction of sp³-hybridized carbons (Fsp3) is 0.400. The molecule has 162 valence electrons. The molecule has 31 heavy (non-hydrogen) atoms. The lowest BCUT2D eigenvalue weighted by Crippen LogP contribution is -2.37. The van der Waals surface area contributed by atoms with Gasteiger partial charge in [-0.1, -0.05) is 0 Å². The second-order valence-electron chi connectivity index (χ2n) is 7.51. The number of carbonyl (C=O) groups excluding carboxylic acids is 1. The molecular formula is C20H22FN7O3. The lowest BCUT2D eigenvalue weighted by atomic mass is 10.2. The predicted molar refractivity (Wildman–Crippen MR) is 110 cm³/mol. The number of nitrogens with zero attached hydrogens (tertiary/aromatic N) is 5. The molecule has 0 aromatic carbocycles. The Hall–Kier alpha value is -3.47. The Labute approximate surface area is 177 Å². The Balaban J connectivity index is 1.61. The molecule has 2 aliphatic heterocycles. The average Bonchev–Trinajstić information content (AvgIpc) is 3.20. The molecule has 0 saturated carbocycles. The molecule has 0 unspecified atom stereocenters. The SMILES string of the molecule is C[C@H]1CNC(=O)c2cnn3cc(N4CCOCC4)c(nc23)NCc2cc(F)cnc2O1. The summed E-state index contributed by atoms with van der Waals surface area (Å²) in [5.41, 5.74) is 2.17. The quantitative estimate of drug-likeness (QED) is 0.597. The molecule has 10 nitrogen and oxygen atoms in total. The van der Waals surface area contributed by atoms with Crippen LogP contribution in [0.4, 0.5) is 15.9 Å². The van der Waals surface area contributed by atoms with Gasteiger partial charge in [0.1, 0.15) is 17.5 Å². The van der Waals surface area contributed by atoms with Gasteiger partial charge in [-0.25, -0.2) is 18.9 Å². The first-order valence-electron chi connectivity index (χ1n) is 10.1. The van der Waals surface area contributed by atoms with Crippen molar-refractivity contribution in [1.82, 2.24) is 24.9 Å². The van der Waals surface area contributed by atoms with Gasteiger partial charge in [-0.2, -0.15) is 5.10 Å². The molecule has 1 atom stereocenters. The van der Waals surface area contributed by atoms with Gasteiger partial charge in [-0.15, -0.1) is 0 Å². The Bertz CT molecular complexity index is 1130. The number of nitrogens with one attached hydrogen (secondary N) is 2. The normalized spacial score (nSPS) is 19.5. The zero-order chi connectivity index (χ0) is 21.4. The van der Waals surface area contributed by atoms with Crippen molar-refractivity contribution in [2.45, 2.75) is 19.6 Å². The number of aromatic nitrogens is 4. The number of ether oxygens (including phenoxy) is 2. The van der Waals surface area contributed by atoms with Gasteiger partial charge in [0.15, 0.2) is 11.5 Å². The summed E-state index contributed by atoms with van der Waals surface area (Å²) < 4.78 is 26.8. The number of hydrogen-bond donors (Lipinski definition) is 2. The first-order chi connectivity index (χ1) is 15.1. The van der Waals surface area contributed by atoms with Crippen LogP contribution in [-0.2, 0) is 11.3 Å². The number of fused-ring (bicyclic) bond motifs is 2. The highest BCUT2D eigenvalue weighted by Crippen LogP contribution is 2.28. The summed E-state index contributed by atoms with van der Waals surface area (Å²) in [5, 5.41) is 10.4. The number of carbonyl (C=O) groups is 1. The zero-order valence-electron chi connectivity index (χ0n) is 17.0. The van der Waals surface area contributed by atoms with Crippen LogP contribution in [0, 0.1) is 5.82 Å². The maximum absolute atomic E-state index is 13.9. The zero-order valence-corrected chi connectivity index (χ0v) is 17.0. The average molecular weight is 427 g/mol. The Morgan fingerprint density at radius 1 is 1.23 bits per heavy atom. The van der Waals surface area contributed by atoms with Crippen LogP contribution >= 0.6 is 0 Å². The molecule has 5 heterocycles. The van der Waals surface area contributed by atoms with E-state index in [1.54, 1.807) is 4.52 Å². The largest absolute Gasteiger partial charge is 0.473 e. The summed E-state index contributed by atoms with van der Waals surface area (Å²) in [4.78, 5) is 23.7. The van der Waals surface area contributed by atoms with Gasteiger partial charge < -0.3 is 25.0 Å². The topological polar surface area (TPSA) is 106 Å². The molecule has 2 bridgehead atoms. The molecule has 5 rings (SSSR count). The second kappa shape index (κ2) is 7.99. The van der Waals surface area contributed by atoms with Crippen molar-refractivity contribution in [3.05, 3.63) is 41.6 Å². The molecule has 3 aromatic rings. The van der Waals surface area contributed by atoms with Crippen molar-refractivity contribution < 1.29 is 18.7 Å². The van der Waals surface area contributed by atoms with Crippen LogP contribution < -0.4 is 20.3 Å². The van der Waals surface area contributed by atoms with Crippen molar-refractivity contribution in [2.75, 3.05) is 43.1 Å². The Morgan fingerprint density at radius 2 is 2.06 bits per heavy atom. The highest BCUT2D eigenvalue weighted by molar-refractivity contribution is 6.00. The van der Waals surface area contributed by atoms with Gasteiger partial charge in [-0.05, 0) is 13.0 Å². The smallest absolute Gasteiger partial charge is 0.256 e. The summed E-state index contributed by atoms with van der Waals surface area (Å²) in [6.07, 6.45) is 4.09. The van der Waals surface area contributed by atoms with Crippen LogP contribution in [0.3, 0.4) is 0 Å². The molecule has 1 amide bonds. The first kappa shape index (κ1) is 19.5. The first-order valence-corrected chi connectivity index (χ1v) is 10.1. The van der Waals surface area contributed by atoms with Gasteiger partial charge in [0.2, 0.25) is 5.88 Å². The van der Waals surface area contributed by atoms with E-state index < -0.39 is 5.82 Å². The number of rotatable bonds is 1. The Kier molecular flexibility index (Phi) is 5.02. The summed E-state index contributed by atoms with van der Waals surface area (Å²) in [6.45, 7) is 4.92. The molecule has 3 aromatic heterocycles. The van der Waals surface area contributed by atoms with E-state index in [0.29, 0.717) is 54.8 Å². The van der Waals surface area contributed by atoms with Gasteiger partial charge in [-0.3, -0.25) is 4.79 Å². The Morgan fingerprint density at radius 3 is 2.90 bits per heavy atom. The fourth-order valence-corrected chi connectivity index (χ4v) is 3.67. The maximum atomic E-state index is 13.9. The van der Waals surface area contributed by atoms with Crippen molar-refractivity contribution in [1.29, 1.82) is 0 Å². The number of anilines is 2. The van der Waals surface area contributed by atoms with Crippen LogP contribution in [0.5, 0.6) is 5.88 Å². The molecule has 0 spiro atoms. The number of hydrogen-bond acceptors (Lipinski definition) is 8. The number of amides is 1. The number of pyridine rings is 1. The van der Waals surface area contributed by atoms with Gasteiger partial charge in [0.05, 0.1) is 44.0 Å². The molecule has 0 aliphatic carbocycles. The number of halogens is 1. The molecule has 0 radical (unpaired) electrons. The van der Waals surface area contributed by atoms with Crippen LogP contribution in [-0.4, -0.2) is 64.4 Å². The van der Waals surface area contributed by atoms with E-state index in [1.165, 1.54) is 12.3 Å². The van der Waals surface area contributed by atoms with Gasteiger partial charge in [0.25, 0.3) is 5.91 Å². The maximum Gasteiger partial charge on any atom is 0.256 e. The summed E-state index contributed by atoms with van der Waals surface area (Å²) >= 11 is 0. The van der Waals surface area contributed by atoms with E-state index in [0.717, 1.165) is 11.9 Å². The van der Waals surface area contributed by atoms with E-state index in [4.69, 9.17) is 14.5 Å². The highest BCUT2D eigenvalue weighted by Gasteiger charge is 2.23. The van der Waals surface area contributed by atoms with E-state index in [-0.39, 0.29) is 25.1 Å². The highest BCUT2D eigenvalue weighted by atomic mass is 19.1. The van der Waals surface area contributed by atoms with Crippen LogP contribution in [0.2, 0.25) is 0 Å². The monoisotopic (exact) mass is 427 g/mol. The van der Waals surface area contributed by atoms with Crippen LogP contribution in [0.1, 0.15) is 22.8 Å². The van der Waals surface area contributed by atoms with Crippen molar-refractivity contribution >= 4 is 23.1 Å². The molecule has 2 aliphatic rings. The van der Waals surface area contributed by atoms with Crippen molar-refractivity contribution in [2.24, 2.45) is 0 Å². The van der Waals surface area contributed by atoms with E-state index >= 15 is 0 Å². The molecule has 2 N–H and O–H groups in total. The summed E-state index contributed by atoms with van der Waals surface area (Å²) in [5.74, 6) is 0.122. The standard InChI is InChI=1S/C20H22FN7O3/c1-12-7-23-19(29)15-10-25-28-11-16(27-2-4-30-5-3-27)17(26-18(15)28)22-8-13-6-14(21)9-24-20(13)31-12/h6,9-12H,2-5,7-8H2,1H3,(H,22,26)(H,23,29)/t12-/m0/s1. The minimum Gasteiger partial charge on any atom is -0.473 e. The lowest BCUT2D eigenvalue weighted by Gasteiger charge is -2.30. The molecule has 1 saturated heterocycles. The third-order valence-electron chi connectivity index (χ3n) is 5.27. The summed E-state index contributed by atoms with van der Waals surface area (Å²) in [7, 11) is 0. The van der Waals surface area contributed by atoms with Crippen LogP contribution in [0.25, 0.3) is 5.65 Å².